The molecule has 0 heterocycles. The smallest absolute Gasteiger partial charge is 0.220 e. The highest BCUT2D eigenvalue weighted by atomic mass is 16.3. The van der Waals surface area contributed by atoms with Crippen LogP contribution in [0.2, 0.25) is 0 Å². The van der Waals surface area contributed by atoms with Crippen LogP contribution >= 0.6 is 0 Å². The number of nitrogens with one attached hydrogen (secondary N) is 1. The summed E-state index contributed by atoms with van der Waals surface area (Å²) in [4.78, 5) is 11.4. The van der Waals surface area contributed by atoms with E-state index in [1.54, 1.807) is 13.0 Å². The van der Waals surface area contributed by atoms with Crippen LogP contribution in [-0.4, -0.2) is 34.9 Å². The average Bonchev–Trinajstić information content (AvgIpc) is 3.00. The van der Waals surface area contributed by atoms with Crippen LogP contribution in [0, 0.1) is 0 Å². The molecule has 4 heteroatoms. The van der Waals surface area contributed by atoms with Crippen molar-refractivity contribution in [1.82, 2.24) is 5.32 Å². The number of carbonyl (C=O) groups is 1. The zero-order valence-electron chi connectivity index (χ0n) is 28.0. The Morgan fingerprint density at radius 3 is 1.29 bits per heavy atom. The predicted octanol–water partition coefficient (Wildman–Crippen LogP) is 10.7. The maximum absolute atomic E-state index is 11.4. The van der Waals surface area contributed by atoms with E-state index < -0.39 is 12.1 Å². The molecule has 0 fully saturated rings. The van der Waals surface area contributed by atoms with Crippen LogP contribution in [0.1, 0.15) is 181 Å². The number of unbranched alkanes of at least 4 members (excludes halogenated alkanes) is 22. The standard InChI is InChI=1S/C38H71NO3/c1-3-5-6-7-8-9-10-11-12-13-14-15-16-17-18-19-20-21-22-23-24-25-26-27-28-29-30-31-32-33-34-37(41)36(35-40)39-38(42)4-2/h25-26,29-30,33-34,36-37,40-41H,3-24,27-28,31-32,35H2,1-2H3,(H,39,42)/b26-25+,30-29+,34-33+. The van der Waals surface area contributed by atoms with Gasteiger partial charge in [0, 0.05) is 6.42 Å². The monoisotopic (exact) mass is 590 g/mol. The first-order valence-corrected chi connectivity index (χ1v) is 18.2. The Morgan fingerprint density at radius 2 is 0.905 bits per heavy atom. The van der Waals surface area contributed by atoms with Gasteiger partial charge < -0.3 is 15.5 Å². The van der Waals surface area contributed by atoms with Crippen molar-refractivity contribution in [3.05, 3.63) is 36.5 Å². The van der Waals surface area contributed by atoms with Crippen molar-refractivity contribution in [3.8, 4) is 0 Å². The number of carbonyl (C=O) groups excluding carboxylic acids is 1. The summed E-state index contributed by atoms with van der Waals surface area (Å²) in [5, 5.41) is 22.0. The Labute approximate surface area is 261 Å². The molecule has 0 spiro atoms. The van der Waals surface area contributed by atoms with E-state index in [0.29, 0.717) is 6.42 Å². The Kier molecular flexibility index (Phi) is 33.0. The van der Waals surface area contributed by atoms with Gasteiger partial charge in [0.1, 0.15) is 0 Å². The summed E-state index contributed by atoms with van der Waals surface area (Å²) in [6.07, 6.45) is 45.9. The van der Waals surface area contributed by atoms with Crippen molar-refractivity contribution in [1.29, 1.82) is 0 Å². The number of allylic oxidation sites excluding steroid dienone is 5. The van der Waals surface area contributed by atoms with Gasteiger partial charge >= 0.3 is 0 Å². The number of aliphatic hydroxyl groups is 2. The molecule has 0 aliphatic heterocycles. The van der Waals surface area contributed by atoms with Gasteiger partial charge in [-0.3, -0.25) is 4.79 Å². The van der Waals surface area contributed by atoms with Gasteiger partial charge in [-0.2, -0.15) is 0 Å². The first kappa shape index (κ1) is 40.6. The molecule has 42 heavy (non-hydrogen) atoms. The van der Waals surface area contributed by atoms with E-state index in [1.165, 1.54) is 135 Å². The fraction of sp³-hybridized carbons (Fsp3) is 0.816. The molecule has 1 amide bonds. The summed E-state index contributed by atoms with van der Waals surface area (Å²) >= 11 is 0. The lowest BCUT2D eigenvalue weighted by Gasteiger charge is -2.19. The van der Waals surface area contributed by atoms with Crippen LogP contribution in [0.4, 0.5) is 0 Å². The van der Waals surface area contributed by atoms with Crippen molar-refractivity contribution < 1.29 is 15.0 Å². The van der Waals surface area contributed by atoms with Gasteiger partial charge in [0.25, 0.3) is 0 Å². The summed E-state index contributed by atoms with van der Waals surface area (Å²) in [6.45, 7) is 3.77. The molecular formula is C38H71NO3. The molecule has 0 aliphatic carbocycles. The molecule has 0 bridgehead atoms. The fourth-order valence-electron chi connectivity index (χ4n) is 5.29. The van der Waals surface area contributed by atoms with Crippen LogP contribution in [0.3, 0.4) is 0 Å². The molecule has 0 radical (unpaired) electrons. The molecule has 2 atom stereocenters. The van der Waals surface area contributed by atoms with Crippen LogP contribution in [0.15, 0.2) is 36.5 Å². The van der Waals surface area contributed by atoms with Crippen molar-refractivity contribution >= 4 is 5.91 Å². The van der Waals surface area contributed by atoms with Gasteiger partial charge in [-0.1, -0.05) is 172 Å². The molecule has 246 valence electrons. The largest absolute Gasteiger partial charge is 0.394 e. The second-order valence-electron chi connectivity index (χ2n) is 12.2. The van der Waals surface area contributed by atoms with Gasteiger partial charge in [0.15, 0.2) is 0 Å². The fourth-order valence-corrected chi connectivity index (χ4v) is 5.29. The molecule has 4 nitrogen and oxygen atoms in total. The number of aliphatic hydroxyl groups excluding tert-OH is 2. The minimum absolute atomic E-state index is 0.167. The highest BCUT2D eigenvalue weighted by molar-refractivity contribution is 5.75. The lowest BCUT2D eigenvalue weighted by molar-refractivity contribution is -0.122. The summed E-state index contributed by atoms with van der Waals surface area (Å²) in [5.74, 6) is -0.167. The molecule has 0 aromatic heterocycles. The zero-order valence-corrected chi connectivity index (χ0v) is 28.0. The zero-order chi connectivity index (χ0) is 30.8. The van der Waals surface area contributed by atoms with Gasteiger partial charge in [-0.25, -0.2) is 0 Å². The summed E-state index contributed by atoms with van der Waals surface area (Å²) in [5.41, 5.74) is 0. The van der Waals surface area contributed by atoms with Crippen molar-refractivity contribution in [2.45, 2.75) is 193 Å². The second-order valence-corrected chi connectivity index (χ2v) is 12.2. The van der Waals surface area contributed by atoms with Crippen LogP contribution in [0.25, 0.3) is 0 Å². The van der Waals surface area contributed by atoms with Gasteiger partial charge in [0.2, 0.25) is 5.91 Å². The second kappa shape index (κ2) is 34.1. The average molecular weight is 590 g/mol. The Morgan fingerprint density at radius 1 is 0.548 bits per heavy atom. The van der Waals surface area contributed by atoms with Gasteiger partial charge in [0.05, 0.1) is 18.8 Å². The topological polar surface area (TPSA) is 69.6 Å². The van der Waals surface area contributed by atoms with E-state index in [9.17, 15) is 15.0 Å². The van der Waals surface area contributed by atoms with Crippen LogP contribution in [0.5, 0.6) is 0 Å². The van der Waals surface area contributed by atoms with E-state index in [1.807, 2.05) is 6.08 Å². The minimum Gasteiger partial charge on any atom is -0.394 e. The number of rotatable bonds is 32. The Balaban J connectivity index is 3.37. The number of hydrogen-bond donors (Lipinski definition) is 3. The molecular weight excluding hydrogens is 518 g/mol. The van der Waals surface area contributed by atoms with Crippen LogP contribution in [-0.2, 0) is 4.79 Å². The van der Waals surface area contributed by atoms with Crippen molar-refractivity contribution in [2.75, 3.05) is 6.61 Å². The molecule has 0 rings (SSSR count). The van der Waals surface area contributed by atoms with Crippen LogP contribution < -0.4 is 5.32 Å². The third-order valence-electron chi connectivity index (χ3n) is 8.17. The number of amides is 1. The molecule has 2 unspecified atom stereocenters. The van der Waals surface area contributed by atoms with E-state index in [2.05, 4.69) is 36.5 Å². The maximum Gasteiger partial charge on any atom is 0.220 e. The lowest BCUT2D eigenvalue weighted by Crippen LogP contribution is -2.44. The molecule has 0 aliphatic rings. The maximum atomic E-state index is 11.4. The third kappa shape index (κ3) is 30.1. The Hall–Kier alpha value is -1.39. The lowest BCUT2D eigenvalue weighted by atomic mass is 10.0. The third-order valence-corrected chi connectivity index (χ3v) is 8.17. The SMILES string of the molecule is CCCCCCCCCCCCCCCCCCCCCC/C=C/CC/C=C/CC/C=C/C(O)C(CO)NC(=O)CC. The molecule has 3 N–H and O–H groups in total. The van der Waals surface area contributed by atoms with E-state index in [-0.39, 0.29) is 12.5 Å². The quantitative estimate of drug-likeness (QED) is 0.0540. The first-order chi connectivity index (χ1) is 20.7. The first-order valence-electron chi connectivity index (χ1n) is 18.2. The van der Waals surface area contributed by atoms with Gasteiger partial charge in [-0.15, -0.1) is 0 Å². The summed E-state index contributed by atoms with van der Waals surface area (Å²) in [7, 11) is 0. The molecule has 0 aromatic carbocycles. The van der Waals surface area contributed by atoms with Crippen molar-refractivity contribution in [3.63, 3.8) is 0 Å². The molecule has 0 aromatic rings. The Bertz CT molecular complexity index is 642. The highest BCUT2D eigenvalue weighted by Crippen LogP contribution is 2.15. The highest BCUT2D eigenvalue weighted by Gasteiger charge is 2.17. The summed E-state index contributed by atoms with van der Waals surface area (Å²) < 4.78 is 0. The summed E-state index contributed by atoms with van der Waals surface area (Å²) in [6, 6.07) is -0.639. The molecule has 0 saturated heterocycles. The van der Waals surface area contributed by atoms with E-state index in [4.69, 9.17) is 0 Å². The van der Waals surface area contributed by atoms with Crippen molar-refractivity contribution in [2.24, 2.45) is 0 Å². The predicted molar refractivity (Wildman–Crippen MR) is 184 cm³/mol. The van der Waals surface area contributed by atoms with E-state index in [0.717, 1.165) is 25.7 Å². The molecule has 0 saturated carbocycles. The van der Waals surface area contributed by atoms with Gasteiger partial charge in [-0.05, 0) is 38.5 Å². The normalized spacial score (nSPS) is 13.5. The van der Waals surface area contributed by atoms with E-state index >= 15 is 0 Å². The number of hydrogen-bond acceptors (Lipinski definition) is 3. The minimum atomic E-state index is -0.863.